The molecule has 0 aromatic heterocycles. The number of carbonyl (C=O) groups excluding carboxylic acids is 1. The van der Waals surface area contributed by atoms with Crippen LogP contribution in [0, 0.1) is 10.1 Å². The van der Waals surface area contributed by atoms with Gasteiger partial charge in [-0.15, -0.1) is 0 Å². The smallest absolute Gasteiger partial charge is 0.344 e. The van der Waals surface area contributed by atoms with Crippen molar-refractivity contribution in [3.63, 3.8) is 0 Å². The average Bonchev–Trinajstić information content (AvgIpc) is 2.77. The van der Waals surface area contributed by atoms with Crippen molar-refractivity contribution in [3.05, 3.63) is 33.4 Å². The van der Waals surface area contributed by atoms with E-state index in [2.05, 4.69) is 9.64 Å². The summed E-state index contributed by atoms with van der Waals surface area (Å²) in [5.74, 6) is -0.684. The molecule has 0 aliphatic carbocycles. The molecule has 106 valence electrons. The summed E-state index contributed by atoms with van der Waals surface area (Å²) >= 11 is 0. The SMILES string of the molecule is COC(=O)c1cc2c(cc1[N+](=O)[O-])CCN2C1COC1. The molecule has 20 heavy (non-hydrogen) atoms. The molecule has 0 bridgehead atoms. The molecule has 0 atom stereocenters. The molecule has 1 fully saturated rings. The predicted molar refractivity (Wildman–Crippen MR) is 70.1 cm³/mol. The molecular weight excluding hydrogens is 264 g/mol. The van der Waals surface area contributed by atoms with E-state index in [0.717, 1.165) is 24.2 Å². The molecule has 1 aromatic rings. The monoisotopic (exact) mass is 278 g/mol. The van der Waals surface area contributed by atoms with Crippen LogP contribution in [0.4, 0.5) is 11.4 Å². The Morgan fingerprint density at radius 2 is 2.25 bits per heavy atom. The third-order valence-electron chi connectivity index (χ3n) is 3.79. The van der Waals surface area contributed by atoms with Gasteiger partial charge in [0.05, 0.1) is 31.3 Å². The van der Waals surface area contributed by atoms with Crippen LogP contribution in [0.15, 0.2) is 12.1 Å². The highest BCUT2D eigenvalue weighted by molar-refractivity contribution is 5.95. The van der Waals surface area contributed by atoms with Gasteiger partial charge in [-0.1, -0.05) is 0 Å². The summed E-state index contributed by atoms with van der Waals surface area (Å²) in [7, 11) is 1.22. The molecule has 1 aromatic carbocycles. The number of nitro benzene ring substituents is 1. The predicted octanol–water partition coefficient (Wildman–Crippen LogP) is 1.14. The van der Waals surface area contributed by atoms with Gasteiger partial charge in [-0.05, 0) is 18.1 Å². The number of benzene rings is 1. The first kappa shape index (κ1) is 12.9. The second-order valence-corrected chi connectivity index (χ2v) is 4.88. The number of nitro groups is 1. The Labute approximate surface area is 115 Å². The van der Waals surface area contributed by atoms with Crippen molar-refractivity contribution in [1.82, 2.24) is 0 Å². The maximum absolute atomic E-state index is 11.7. The van der Waals surface area contributed by atoms with Gasteiger partial charge in [-0.3, -0.25) is 10.1 Å². The molecule has 1 saturated heterocycles. The standard InChI is InChI=1S/C13H14N2O5/c1-19-13(16)10-5-11-8(4-12(10)15(17)18)2-3-14(11)9-6-20-7-9/h4-5,9H,2-3,6-7H2,1H3. The Morgan fingerprint density at radius 1 is 1.50 bits per heavy atom. The van der Waals surface area contributed by atoms with Crippen LogP contribution < -0.4 is 4.90 Å². The van der Waals surface area contributed by atoms with Gasteiger partial charge in [0.25, 0.3) is 5.69 Å². The summed E-state index contributed by atoms with van der Waals surface area (Å²) in [4.78, 5) is 24.4. The maximum atomic E-state index is 11.7. The number of carbonyl (C=O) groups is 1. The van der Waals surface area contributed by atoms with Crippen LogP contribution in [0.1, 0.15) is 15.9 Å². The van der Waals surface area contributed by atoms with Gasteiger partial charge in [-0.25, -0.2) is 4.79 Å². The van der Waals surface area contributed by atoms with E-state index in [1.54, 1.807) is 6.07 Å². The highest BCUT2D eigenvalue weighted by Gasteiger charge is 2.34. The third kappa shape index (κ3) is 1.90. The molecule has 7 nitrogen and oxygen atoms in total. The van der Waals surface area contributed by atoms with Gasteiger partial charge in [0.2, 0.25) is 0 Å². The summed E-state index contributed by atoms with van der Waals surface area (Å²) in [6, 6.07) is 3.36. The minimum Gasteiger partial charge on any atom is -0.465 e. The zero-order chi connectivity index (χ0) is 14.3. The zero-order valence-electron chi connectivity index (χ0n) is 11.0. The highest BCUT2D eigenvalue weighted by atomic mass is 16.6. The number of anilines is 1. The minimum absolute atomic E-state index is 0.00314. The largest absolute Gasteiger partial charge is 0.465 e. The number of ether oxygens (including phenoxy) is 2. The molecule has 0 saturated carbocycles. The van der Waals surface area contributed by atoms with Crippen molar-refractivity contribution in [2.75, 3.05) is 31.8 Å². The fourth-order valence-electron chi connectivity index (χ4n) is 2.66. The Morgan fingerprint density at radius 3 is 2.80 bits per heavy atom. The van der Waals surface area contributed by atoms with E-state index in [9.17, 15) is 14.9 Å². The van der Waals surface area contributed by atoms with Crippen LogP contribution in [-0.2, 0) is 15.9 Å². The second-order valence-electron chi connectivity index (χ2n) is 4.88. The summed E-state index contributed by atoms with van der Waals surface area (Å²) < 4.78 is 9.82. The van der Waals surface area contributed by atoms with Gasteiger partial charge in [0, 0.05) is 18.3 Å². The van der Waals surface area contributed by atoms with Crippen molar-refractivity contribution in [3.8, 4) is 0 Å². The quantitative estimate of drug-likeness (QED) is 0.468. The third-order valence-corrected chi connectivity index (χ3v) is 3.79. The average molecular weight is 278 g/mol. The van der Waals surface area contributed by atoms with Gasteiger partial charge in [-0.2, -0.15) is 0 Å². The van der Waals surface area contributed by atoms with E-state index in [0.29, 0.717) is 19.3 Å². The van der Waals surface area contributed by atoms with Crippen LogP contribution in [0.25, 0.3) is 0 Å². The van der Waals surface area contributed by atoms with Crippen molar-refractivity contribution in [1.29, 1.82) is 0 Å². The van der Waals surface area contributed by atoms with Crippen molar-refractivity contribution >= 4 is 17.3 Å². The lowest BCUT2D eigenvalue weighted by atomic mass is 10.1. The van der Waals surface area contributed by atoms with Crippen LogP contribution in [0.3, 0.4) is 0 Å². The Kier molecular flexibility index (Phi) is 3.06. The van der Waals surface area contributed by atoms with Crippen molar-refractivity contribution in [2.45, 2.75) is 12.5 Å². The molecule has 2 heterocycles. The molecule has 7 heteroatoms. The summed E-state index contributed by atoms with van der Waals surface area (Å²) in [6.45, 7) is 2.11. The summed E-state index contributed by atoms with van der Waals surface area (Å²) in [6.07, 6.45) is 0.744. The molecule has 0 unspecified atom stereocenters. The zero-order valence-corrected chi connectivity index (χ0v) is 11.0. The second kappa shape index (κ2) is 4.75. The van der Waals surface area contributed by atoms with E-state index in [1.807, 2.05) is 0 Å². The first-order chi connectivity index (χ1) is 9.61. The van der Waals surface area contributed by atoms with E-state index in [-0.39, 0.29) is 11.3 Å². The lowest BCUT2D eigenvalue weighted by Gasteiger charge is -2.36. The van der Waals surface area contributed by atoms with E-state index in [4.69, 9.17) is 4.74 Å². The summed E-state index contributed by atoms with van der Waals surface area (Å²) in [5.41, 5.74) is 1.59. The van der Waals surface area contributed by atoms with Crippen LogP contribution >= 0.6 is 0 Å². The van der Waals surface area contributed by atoms with Crippen LogP contribution in [0.2, 0.25) is 0 Å². The van der Waals surface area contributed by atoms with E-state index in [1.165, 1.54) is 13.2 Å². The lowest BCUT2D eigenvalue weighted by Crippen LogP contribution is -2.48. The number of hydrogen-bond donors (Lipinski definition) is 0. The van der Waals surface area contributed by atoms with Crippen LogP contribution in [-0.4, -0.2) is 43.8 Å². The molecule has 3 rings (SSSR count). The number of esters is 1. The normalized spacial score (nSPS) is 17.6. The Hall–Kier alpha value is -2.15. The number of methoxy groups -OCH3 is 1. The first-order valence-electron chi connectivity index (χ1n) is 6.36. The fourth-order valence-corrected chi connectivity index (χ4v) is 2.66. The Bertz CT molecular complexity index is 582. The molecule has 0 radical (unpaired) electrons. The molecule has 0 N–H and O–H groups in total. The highest BCUT2D eigenvalue weighted by Crippen LogP contribution is 2.36. The van der Waals surface area contributed by atoms with Gasteiger partial charge in [0.15, 0.2) is 0 Å². The molecule has 2 aliphatic heterocycles. The van der Waals surface area contributed by atoms with E-state index < -0.39 is 10.9 Å². The van der Waals surface area contributed by atoms with Gasteiger partial charge >= 0.3 is 5.97 Å². The molecular formula is C13H14N2O5. The van der Waals surface area contributed by atoms with Gasteiger partial charge in [0.1, 0.15) is 5.56 Å². The minimum atomic E-state index is -0.684. The maximum Gasteiger partial charge on any atom is 0.344 e. The number of nitrogens with zero attached hydrogens (tertiary/aromatic N) is 2. The fraction of sp³-hybridized carbons (Fsp3) is 0.462. The first-order valence-corrected chi connectivity index (χ1v) is 6.36. The molecule has 0 spiro atoms. The number of fused-ring (bicyclic) bond motifs is 1. The molecule has 2 aliphatic rings. The van der Waals surface area contributed by atoms with E-state index >= 15 is 0 Å². The molecule has 0 amide bonds. The van der Waals surface area contributed by atoms with Gasteiger partial charge < -0.3 is 14.4 Å². The number of hydrogen-bond acceptors (Lipinski definition) is 6. The van der Waals surface area contributed by atoms with Crippen LogP contribution in [0.5, 0.6) is 0 Å². The Balaban J connectivity index is 2.05. The lowest BCUT2D eigenvalue weighted by molar-refractivity contribution is -0.385. The van der Waals surface area contributed by atoms with Crippen molar-refractivity contribution < 1.29 is 19.2 Å². The summed E-state index contributed by atoms with van der Waals surface area (Å²) in [5, 5.41) is 11.1. The topological polar surface area (TPSA) is 81.9 Å². The van der Waals surface area contributed by atoms with Crippen molar-refractivity contribution in [2.24, 2.45) is 0 Å². The number of rotatable bonds is 3.